The Hall–Kier alpha value is -2.48. The highest BCUT2D eigenvalue weighted by atomic mass is 35.5. The number of aryl methyl sites for hydroxylation is 2. The predicted molar refractivity (Wildman–Crippen MR) is 115 cm³/mol. The smallest absolute Gasteiger partial charge is 0.323 e. The van der Waals surface area contributed by atoms with Gasteiger partial charge in [0.1, 0.15) is 24.0 Å². The molecule has 152 valence electrons. The van der Waals surface area contributed by atoms with Crippen LogP contribution in [0.4, 0.5) is 5.69 Å². The molecule has 0 spiro atoms. The van der Waals surface area contributed by atoms with Crippen LogP contribution in [0.2, 0.25) is 0 Å². The number of nitrogens with one attached hydrogen (secondary N) is 4. The van der Waals surface area contributed by atoms with Crippen LogP contribution in [0.15, 0.2) is 41.2 Å². The predicted octanol–water partition coefficient (Wildman–Crippen LogP) is 2.34. The fourth-order valence-corrected chi connectivity index (χ4v) is 3.03. The number of imidazole rings is 1. The van der Waals surface area contributed by atoms with E-state index in [4.69, 9.17) is 4.74 Å². The van der Waals surface area contributed by atoms with Crippen LogP contribution < -0.4 is 21.1 Å². The Morgan fingerprint density at radius 1 is 1.07 bits per heavy atom. The number of halogens is 1. The first kappa shape index (κ1) is 21.8. The van der Waals surface area contributed by atoms with Gasteiger partial charge in [0.25, 0.3) is 0 Å². The molecule has 5 N–H and O–H groups in total. The van der Waals surface area contributed by atoms with Crippen molar-refractivity contribution >= 4 is 29.1 Å². The van der Waals surface area contributed by atoms with Gasteiger partial charge in [-0.3, -0.25) is 0 Å². The minimum Gasteiger partial charge on any atom is -0.489 e. The number of rotatable bonds is 9. The van der Waals surface area contributed by atoms with E-state index in [2.05, 4.69) is 46.6 Å². The van der Waals surface area contributed by atoms with E-state index in [9.17, 15) is 9.90 Å². The van der Waals surface area contributed by atoms with E-state index in [1.54, 1.807) is 18.2 Å². The molecule has 0 fully saturated rings. The molecular formula is C20H27ClN4O3. The van der Waals surface area contributed by atoms with Gasteiger partial charge in [0.2, 0.25) is 0 Å². The van der Waals surface area contributed by atoms with Crippen molar-refractivity contribution in [3.05, 3.63) is 58.0 Å². The Balaban J connectivity index is 0.00000280. The highest BCUT2D eigenvalue weighted by Crippen LogP contribution is 2.21. The third-order valence-electron chi connectivity index (χ3n) is 4.41. The molecule has 8 heteroatoms. The first-order valence-corrected chi connectivity index (χ1v) is 9.07. The van der Waals surface area contributed by atoms with E-state index in [-0.39, 0.29) is 24.7 Å². The lowest BCUT2D eigenvalue weighted by Gasteiger charge is -2.15. The second kappa shape index (κ2) is 10.2. The lowest BCUT2D eigenvalue weighted by atomic mass is 10.1. The molecule has 1 unspecified atom stereocenters. The second-order valence-electron chi connectivity index (χ2n) is 6.62. The Kier molecular flexibility index (Phi) is 7.92. The highest BCUT2D eigenvalue weighted by Gasteiger charge is 2.09. The van der Waals surface area contributed by atoms with Gasteiger partial charge in [0.05, 0.1) is 5.52 Å². The molecule has 0 bridgehead atoms. The van der Waals surface area contributed by atoms with E-state index < -0.39 is 6.10 Å². The molecule has 0 saturated heterocycles. The Labute approximate surface area is 169 Å². The first-order chi connectivity index (χ1) is 13.0. The van der Waals surface area contributed by atoms with Crippen molar-refractivity contribution in [2.24, 2.45) is 0 Å². The zero-order valence-corrected chi connectivity index (χ0v) is 16.9. The summed E-state index contributed by atoms with van der Waals surface area (Å²) >= 11 is 0. The van der Waals surface area contributed by atoms with Crippen molar-refractivity contribution in [3.63, 3.8) is 0 Å². The molecule has 0 aliphatic heterocycles. The molecule has 3 aromatic rings. The number of H-pyrrole nitrogens is 2. The largest absolute Gasteiger partial charge is 0.489 e. The van der Waals surface area contributed by atoms with Gasteiger partial charge in [-0.1, -0.05) is 24.3 Å². The molecule has 7 nitrogen and oxygen atoms in total. The van der Waals surface area contributed by atoms with Crippen molar-refractivity contribution in [2.45, 2.75) is 20.0 Å². The quantitative estimate of drug-likeness (QED) is 0.351. The standard InChI is InChI=1S/C20H26N4O3.ClH/c1-13-5-3-6-14(2)18(13)22-10-9-21-11-15(25)12-27-17-8-4-7-16-19(17)24-20(26)23-16;/h3-8,15,21-22,25H,9-12H2,1-2H3,(H2,23,24,26);1H. The molecule has 0 radical (unpaired) electrons. The number of hydrogen-bond donors (Lipinski definition) is 5. The lowest BCUT2D eigenvalue weighted by molar-refractivity contribution is 0.107. The number of para-hydroxylation sites is 2. The van der Waals surface area contributed by atoms with Gasteiger partial charge in [-0.15, -0.1) is 12.4 Å². The normalized spacial score (nSPS) is 11.8. The maximum atomic E-state index is 11.4. The van der Waals surface area contributed by atoms with Gasteiger partial charge in [-0.2, -0.15) is 0 Å². The maximum Gasteiger partial charge on any atom is 0.323 e. The summed E-state index contributed by atoms with van der Waals surface area (Å²) in [6.07, 6.45) is -0.647. The van der Waals surface area contributed by atoms with Gasteiger partial charge in [0.15, 0.2) is 0 Å². The SMILES string of the molecule is Cc1cccc(C)c1NCCNCC(O)COc1cccc2[nH]c(=O)[nH]c12.Cl. The van der Waals surface area contributed by atoms with Crippen molar-refractivity contribution in [2.75, 3.05) is 31.6 Å². The van der Waals surface area contributed by atoms with Crippen LogP contribution in [0.3, 0.4) is 0 Å². The molecule has 1 heterocycles. The number of aliphatic hydroxyl groups is 1. The number of anilines is 1. The van der Waals surface area contributed by atoms with Crippen molar-refractivity contribution in [3.8, 4) is 5.75 Å². The summed E-state index contributed by atoms with van der Waals surface area (Å²) < 4.78 is 5.66. The minimum atomic E-state index is -0.647. The fraction of sp³-hybridized carbons (Fsp3) is 0.350. The summed E-state index contributed by atoms with van der Waals surface area (Å²) in [5.41, 5.74) is 4.63. The lowest BCUT2D eigenvalue weighted by Crippen LogP contribution is -2.34. The van der Waals surface area contributed by atoms with E-state index in [1.165, 1.54) is 11.1 Å². The number of aromatic nitrogens is 2. The average molecular weight is 407 g/mol. The monoisotopic (exact) mass is 406 g/mol. The van der Waals surface area contributed by atoms with Crippen LogP contribution in [0.5, 0.6) is 5.75 Å². The number of aliphatic hydroxyl groups excluding tert-OH is 1. The van der Waals surface area contributed by atoms with Gasteiger partial charge < -0.3 is 30.4 Å². The van der Waals surface area contributed by atoms with Crippen LogP contribution in [-0.4, -0.2) is 47.4 Å². The molecule has 1 aromatic heterocycles. The molecule has 0 aliphatic carbocycles. The molecule has 28 heavy (non-hydrogen) atoms. The van der Waals surface area contributed by atoms with E-state index in [0.29, 0.717) is 23.3 Å². The zero-order chi connectivity index (χ0) is 19.2. The van der Waals surface area contributed by atoms with Crippen molar-refractivity contribution in [1.29, 1.82) is 0 Å². The molecule has 2 aromatic carbocycles. The van der Waals surface area contributed by atoms with Gasteiger partial charge in [-0.05, 0) is 37.1 Å². The third-order valence-corrected chi connectivity index (χ3v) is 4.41. The van der Waals surface area contributed by atoms with Crippen molar-refractivity contribution < 1.29 is 9.84 Å². The van der Waals surface area contributed by atoms with E-state index in [1.807, 2.05) is 6.07 Å². The van der Waals surface area contributed by atoms with Crippen LogP contribution in [0.1, 0.15) is 11.1 Å². The number of benzene rings is 2. The van der Waals surface area contributed by atoms with Crippen LogP contribution in [-0.2, 0) is 0 Å². The highest BCUT2D eigenvalue weighted by molar-refractivity contribution is 5.85. The number of hydrogen-bond acceptors (Lipinski definition) is 5. The average Bonchev–Trinajstić information content (AvgIpc) is 3.02. The molecular weight excluding hydrogens is 380 g/mol. The summed E-state index contributed by atoms with van der Waals surface area (Å²) in [6, 6.07) is 11.6. The van der Waals surface area contributed by atoms with Gasteiger partial charge in [0, 0.05) is 25.3 Å². The summed E-state index contributed by atoms with van der Waals surface area (Å²) in [7, 11) is 0. The minimum absolute atomic E-state index is 0. The molecule has 0 saturated carbocycles. The van der Waals surface area contributed by atoms with Crippen LogP contribution in [0, 0.1) is 13.8 Å². The summed E-state index contributed by atoms with van der Waals surface area (Å²) in [5, 5.41) is 16.7. The Morgan fingerprint density at radius 2 is 1.79 bits per heavy atom. The summed E-state index contributed by atoms with van der Waals surface area (Å²) in [5.74, 6) is 0.543. The van der Waals surface area contributed by atoms with Crippen LogP contribution in [0.25, 0.3) is 11.0 Å². The Morgan fingerprint density at radius 3 is 2.54 bits per heavy atom. The number of fused-ring (bicyclic) bond motifs is 1. The second-order valence-corrected chi connectivity index (χ2v) is 6.62. The molecule has 0 amide bonds. The zero-order valence-electron chi connectivity index (χ0n) is 16.0. The summed E-state index contributed by atoms with van der Waals surface area (Å²) in [4.78, 5) is 16.8. The van der Waals surface area contributed by atoms with Gasteiger partial charge >= 0.3 is 5.69 Å². The molecule has 1 atom stereocenters. The number of aromatic amines is 2. The molecule has 3 rings (SSSR count). The fourth-order valence-electron chi connectivity index (χ4n) is 3.03. The number of ether oxygens (including phenoxy) is 1. The van der Waals surface area contributed by atoms with E-state index >= 15 is 0 Å². The van der Waals surface area contributed by atoms with Crippen molar-refractivity contribution in [1.82, 2.24) is 15.3 Å². The maximum absolute atomic E-state index is 11.4. The first-order valence-electron chi connectivity index (χ1n) is 9.07. The Bertz CT molecular complexity index is 934. The van der Waals surface area contributed by atoms with Gasteiger partial charge in [-0.25, -0.2) is 4.79 Å². The molecule has 0 aliphatic rings. The topological polar surface area (TPSA) is 102 Å². The summed E-state index contributed by atoms with van der Waals surface area (Å²) in [6.45, 7) is 6.23. The van der Waals surface area contributed by atoms with E-state index in [0.717, 1.165) is 18.8 Å². The third kappa shape index (κ3) is 5.51. The van der Waals surface area contributed by atoms with Crippen LogP contribution >= 0.6 is 12.4 Å².